The van der Waals surface area contributed by atoms with Crippen LogP contribution in [0.1, 0.15) is 36.0 Å². The quantitative estimate of drug-likeness (QED) is 0.906. The van der Waals surface area contributed by atoms with E-state index in [0.717, 1.165) is 24.4 Å². The smallest absolute Gasteiger partial charge is 0.223 e. The maximum atomic E-state index is 5.42. The molecule has 1 saturated carbocycles. The summed E-state index contributed by atoms with van der Waals surface area (Å²) < 4.78 is 10.4. The van der Waals surface area contributed by atoms with Crippen molar-refractivity contribution in [1.82, 2.24) is 15.5 Å². The van der Waals surface area contributed by atoms with E-state index in [9.17, 15) is 0 Å². The van der Waals surface area contributed by atoms with Gasteiger partial charge in [0.15, 0.2) is 5.82 Å². The topological polar surface area (TPSA) is 60.2 Å². The van der Waals surface area contributed by atoms with Crippen LogP contribution in [0.5, 0.6) is 5.75 Å². The third kappa shape index (κ3) is 2.67. The van der Waals surface area contributed by atoms with Gasteiger partial charge in [0.2, 0.25) is 5.89 Å². The molecule has 0 atom stereocenters. The number of hydrogen-bond acceptors (Lipinski definition) is 5. The Balaban J connectivity index is 1.51. The van der Waals surface area contributed by atoms with Crippen LogP contribution in [0.4, 0.5) is 0 Å². The van der Waals surface area contributed by atoms with E-state index in [-0.39, 0.29) is 0 Å². The third-order valence-electron chi connectivity index (χ3n) is 3.84. The second kappa shape index (κ2) is 5.63. The largest absolute Gasteiger partial charge is 0.496 e. The van der Waals surface area contributed by atoms with Gasteiger partial charge in [0.25, 0.3) is 0 Å². The van der Waals surface area contributed by atoms with Crippen LogP contribution in [0.3, 0.4) is 0 Å². The van der Waals surface area contributed by atoms with Crippen LogP contribution in [-0.4, -0.2) is 23.3 Å². The van der Waals surface area contributed by atoms with Gasteiger partial charge in [-0.25, -0.2) is 0 Å². The summed E-state index contributed by atoms with van der Waals surface area (Å²) in [4.78, 5) is 4.19. The van der Waals surface area contributed by atoms with Crippen molar-refractivity contribution in [3.63, 3.8) is 0 Å². The fraction of sp³-hybridized carbons (Fsp3) is 0.467. The molecule has 1 fully saturated rings. The van der Waals surface area contributed by atoms with E-state index in [1.165, 1.54) is 5.56 Å². The number of rotatable bonds is 5. The summed E-state index contributed by atoms with van der Waals surface area (Å²) in [6.07, 6.45) is 2.24. The van der Waals surface area contributed by atoms with Crippen LogP contribution in [0.15, 0.2) is 28.8 Å². The van der Waals surface area contributed by atoms with Gasteiger partial charge in [-0.05, 0) is 30.4 Å². The Morgan fingerprint density at radius 3 is 2.85 bits per heavy atom. The molecule has 20 heavy (non-hydrogen) atoms. The molecule has 5 heteroatoms. The number of hydrogen-bond donors (Lipinski definition) is 1. The van der Waals surface area contributed by atoms with Crippen LogP contribution < -0.4 is 10.1 Å². The number of methoxy groups -OCH3 is 1. The predicted octanol–water partition coefficient (Wildman–Crippen LogP) is 2.42. The highest BCUT2D eigenvalue weighted by molar-refractivity contribution is 5.37. The summed E-state index contributed by atoms with van der Waals surface area (Å²) in [7, 11) is 1.73. The zero-order valence-corrected chi connectivity index (χ0v) is 11.8. The van der Waals surface area contributed by atoms with Crippen LogP contribution >= 0.6 is 0 Å². The molecule has 106 valence electrons. The lowest BCUT2D eigenvalue weighted by Gasteiger charge is -2.36. The molecule has 1 N–H and O–H groups in total. The molecule has 0 amide bonds. The molecule has 1 aliphatic rings. The molecule has 1 heterocycles. The van der Waals surface area contributed by atoms with Gasteiger partial charge in [-0.3, -0.25) is 0 Å². The Hall–Kier alpha value is -1.88. The van der Waals surface area contributed by atoms with Crippen molar-refractivity contribution in [3.8, 4) is 5.75 Å². The summed E-state index contributed by atoms with van der Waals surface area (Å²) in [5.74, 6) is 2.91. The van der Waals surface area contributed by atoms with Crippen molar-refractivity contribution in [2.24, 2.45) is 0 Å². The maximum absolute atomic E-state index is 5.42. The molecule has 3 rings (SSSR count). The Morgan fingerprint density at radius 2 is 2.15 bits per heavy atom. The summed E-state index contributed by atoms with van der Waals surface area (Å²) in [6, 6.07) is 8.78. The van der Waals surface area contributed by atoms with E-state index in [1.807, 2.05) is 12.1 Å². The van der Waals surface area contributed by atoms with Gasteiger partial charge in [0, 0.05) is 13.0 Å². The zero-order valence-electron chi connectivity index (χ0n) is 11.8. The first kappa shape index (κ1) is 13.1. The van der Waals surface area contributed by atoms with E-state index >= 15 is 0 Å². The van der Waals surface area contributed by atoms with Gasteiger partial charge in [-0.15, -0.1) is 0 Å². The second-order valence-corrected chi connectivity index (χ2v) is 5.22. The lowest BCUT2D eigenvalue weighted by Crippen LogP contribution is -2.39. The summed E-state index contributed by atoms with van der Waals surface area (Å²) in [5, 5.41) is 7.34. The van der Waals surface area contributed by atoms with Crippen molar-refractivity contribution < 1.29 is 9.26 Å². The third-order valence-corrected chi connectivity index (χ3v) is 3.84. The van der Waals surface area contributed by atoms with Gasteiger partial charge in [-0.1, -0.05) is 23.4 Å². The lowest BCUT2D eigenvalue weighted by molar-refractivity contribution is 0.278. The van der Waals surface area contributed by atoms with Gasteiger partial charge < -0.3 is 14.6 Å². The van der Waals surface area contributed by atoms with Crippen molar-refractivity contribution in [3.05, 3.63) is 41.5 Å². The average molecular weight is 273 g/mol. The number of aromatic nitrogens is 2. The molecule has 0 spiro atoms. The molecule has 0 saturated heterocycles. The Labute approximate surface area is 118 Å². The van der Waals surface area contributed by atoms with E-state index in [0.29, 0.717) is 24.4 Å². The van der Waals surface area contributed by atoms with Crippen molar-refractivity contribution in [2.75, 3.05) is 7.11 Å². The molecule has 1 aliphatic carbocycles. The number of para-hydroxylation sites is 1. The number of ether oxygens (including phenoxy) is 1. The zero-order chi connectivity index (χ0) is 13.9. The van der Waals surface area contributed by atoms with Crippen molar-refractivity contribution in [2.45, 2.75) is 38.3 Å². The second-order valence-electron chi connectivity index (χ2n) is 5.22. The molecule has 0 bridgehead atoms. The molecule has 1 aromatic heterocycles. The van der Waals surface area contributed by atoms with Crippen molar-refractivity contribution in [1.29, 1.82) is 0 Å². The fourth-order valence-corrected chi connectivity index (χ4v) is 2.69. The van der Waals surface area contributed by atoms with E-state index in [4.69, 9.17) is 9.26 Å². The first-order valence-corrected chi connectivity index (χ1v) is 6.91. The number of nitrogens with zero attached hydrogens (tertiary/aromatic N) is 2. The summed E-state index contributed by atoms with van der Waals surface area (Å²) in [5.41, 5.74) is 1.31. The Morgan fingerprint density at radius 1 is 1.35 bits per heavy atom. The standard InChI is InChI=1S/C15H19N3O2/c1-10-17-15(18-20-10)9-16-12-7-11(8-12)13-5-3-4-6-14(13)19-2/h3-6,11-12,16H,7-9H2,1-2H3. The molecule has 0 unspecified atom stereocenters. The van der Waals surface area contributed by atoms with E-state index in [2.05, 4.69) is 27.6 Å². The van der Waals surface area contributed by atoms with Gasteiger partial charge in [-0.2, -0.15) is 4.98 Å². The summed E-state index contributed by atoms with van der Waals surface area (Å²) >= 11 is 0. The van der Waals surface area contributed by atoms with E-state index < -0.39 is 0 Å². The molecular weight excluding hydrogens is 254 g/mol. The van der Waals surface area contributed by atoms with Gasteiger partial charge in [0.05, 0.1) is 13.7 Å². The predicted molar refractivity (Wildman–Crippen MR) is 74.6 cm³/mol. The monoisotopic (exact) mass is 273 g/mol. The molecule has 0 aliphatic heterocycles. The van der Waals surface area contributed by atoms with E-state index in [1.54, 1.807) is 14.0 Å². The molecule has 0 radical (unpaired) electrons. The number of aryl methyl sites for hydroxylation is 1. The first-order chi connectivity index (χ1) is 9.76. The Bertz CT molecular complexity index is 576. The first-order valence-electron chi connectivity index (χ1n) is 6.91. The minimum atomic E-state index is 0.517. The SMILES string of the molecule is COc1ccccc1C1CC(NCc2noc(C)n2)C1. The fourth-order valence-electron chi connectivity index (χ4n) is 2.69. The highest BCUT2D eigenvalue weighted by Crippen LogP contribution is 2.40. The Kier molecular flexibility index (Phi) is 3.69. The molecule has 2 aromatic rings. The maximum Gasteiger partial charge on any atom is 0.223 e. The number of benzene rings is 1. The minimum absolute atomic E-state index is 0.517. The van der Waals surface area contributed by atoms with Crippen LogP contribution in [0.25, 0.3) is 0 Å². The molecule has 5 nitrogen and oxygen atoms in total. The highest BCUT2D eigenvalue weighted by atomic mass is 16.5. The minimum Gasteiger partial charge on any atom is -0.496 e. The molecule has 1 aromatic carbocycles. The summed E-state index contributed by atoms with van der Waals surface area (Å²) in [6.45, 7) is 2.47. The highest BCUT2D eigenvalue weighted by Gasteiger charge is 2.31. The van der Waals surface area contributed by atoms with Gasteiger partial charge >= 0.3 is 0 Å². The molecular formula is C15H19N3O2. The number of nitrogens with one attached hydrogen (secondary N) is 1. The van der Waals surface area contributed by atoms with Crippen LogP contribution in [0, 0.1) is 6.92 Å². The lowest BCUT2D eigenvalue weighted by atomic mass is 9.75. The average Bonchev–Trinajstić information content (AvgIpc) is 2.83. The normalized spacial score (nSPS) is 21.5. The van der Waals surface area contributed by atoms with Crippen molar-refractivity contribution >= 4 is 0 Å². The van der Waals surface area contributed by atoms with Crippen LogP contribution in [0.2, 0.25) is 0 Å². The van der Waals surface area contributed by atoms with Gasteiger partial charge in [0.1, 0.15) is 5.75 Å². The van der Waals surface area contributed by atoms with Crippen LogP contribution in [-0.2, 0) is 6.54 Å².